The minimum atomic E-state index is -0.276. The van der Waals surface area contributed by atoms with Crippen molar-refractivity contribution >= 4 is 23.0 Å². The second-order valence-corrected chi connectivity index (χ2v) is 7.93. The predicted octanol–water partition coefficient (Wildman–Crippen LogP) is 5.97. The highest BCUT2D eigenvalue weighted by molar-refractivity contribution is 7.80. The Kier molecular flexibility index (Phi) is 5.00. The number of pyridine rings is 1. The van der Waals surface area contributed by atoms with E-state index in [-0.39, 0.29) is 17.9 Å². The molecule has 31 heavy (non-hydrogen) atoms. The van der Waals surface area contributed by atoms with E-state index in [4.69, 9.17) is 16.6 Å². The lowest BCUT2D eigenvalue weighted by Crippen LogP contribution is -2.29. The molecule has 3 heterocycles. The minimum Gasteiger partial charge on any atom is -0.459 e. The highest BCUT2D eigenvalue weighted by Crippen LogP contribution is 2.42. The third-order valence-corrected chi connectivity index (χ3v) is 5.77. The lowest BCUT2D eigenvalue weighted by Gasteiger charge is -2.26. The molecule has 6 heteroatoms. The zero-order chi connectivity index (χ0) is 21.4. The van der Waals surface area contributed by atoms with E-state index in [0.717, 1.165) is 22.7 Å². The summed E-state index contributed by atoms with van der Waals surface area (Å²) in [5.41, 5.74) is 3.85. The Morgan fingerprint density at radius 3 is 2.45 bits per heavy atom. The van der Waals surface area contributed by atoms with Gasteiger partial charge in [-0.25, -0.2) is 4.39 Å². The van der Waals surface area contributed by atoms with Crippen LogP contribution in [0.4, 0.5) is 10.1 Å². The summed E-state index contributed by atoms with van der Waals surface area (Å²) in [6, 6.07) is 23.8. The molecule has 1 aliphatic heterocycles. The third-order valence-electron chi connectivity index (χ3n) is 5.46. The van der Waals surface area contributed by atoms with Crippen LogP contribution in [0.25, 0.3) is 11.3 Å². The van der Waals surface area contributed by atoms with Crippen LogP contribution in [0, 0.1) is 12.7 Å². The molecule has 1 fully saturated rings. The van der Waals surface area contributed by atoms with Gasteiger partial charge in [-0.3, -0.25) is 4.98 Å². The van der Waals surface area contributed by atoms with Gasteiger partial charge in [-0.2, -0.15) is 0 Å². The van der Waals surface area contributed by atoms with Crippen LogP contribution in [-0.2, 0) is 0 Å². The van der Waals surface area contributed by atoms with Crippen LogP contribution in [0.2, 0.25) is 0 Å². The molecule has 1 N–H and O–H groups in total. The Morgan fingerprint density at radius 2 is 1.74 bits per heavy atom. The van der Waals surface area contributed by atoms with Crippen LogP contribution in [-0.4, -0.2) is 10.1 Å². The van der Waals surface area contributed by atoms with Gasteiger partial charge < -0.3 is 14.6 Å². The minimum absolute atomic E-state index is 0.178. The molecule has 2 aromatic carbocycles. The number of hydrogen-bond donors (Lipinski definition) is 1. The van der Waals surface area contributed by atoms with Crippen molar-refractivity contribution in [2.24, 2.45) is 0 Å². The van der Waals surface area contributed by atoms with Gasteiger partial charge in [0.05, 0.1) is 11.7 Å². The maximum atomic E-state index is 13.3. The van der Waals surface area contributed by atoms with Gasteiger partial charge in [-0.05, 0) is 79.8 Å². The number of hydrogen-bond acceptors (Lipinski definition) is 3. The van der Waals surface area contributed by atoms with E-state index in [9.17, 15) is 4.39 Å². The van der Waals surface area contributed by atoms with Crippen molar-refractivity contribution in [1.29, 1.82) is 0 Å². The summed E-state index contributed by atoms with van der Waals surface area (Å²) in [7, 11) is 0. The van der Waals surface area contributed by atoms with Crippen LogP contribution in [0.3, 0.4) is 0 Å². The van der Waals surface area contributed by atoms with E-state index >= 15 is 0 Å². The van der Waals surface area contributed by atoms with Crippen LogP contribution < -0.4 is 10.2 Å². The number of nitrogens with zero attached hydrogens (tertiary/aromatic N) is 2. The van der Waals surface area contributed by atoms with Gasteiger partial charge in [-0.15, -0.1) is 0 Å². The highest BCUT2D eigenvalue weighted by atomic mass is 32.1. The maximum absolute atomic E-state index is 13.3. The number of nitrogens with one attached hydrogen (secondary N) is 1. The summed E-state index contributed by atoms with van der Waals surface area (Å²) in [6.45, 7) is 2.06. The predicted molar refractivity (Wildman–Crippen MR) is 123 cm³/mol. The fourth-order valence-electron chi connectivity index (χ4n) is 3.91. The number of rotatable bonds is 4. The van der Waals surface area contributed by atoms with Crippen molar-refractivity contribution < 1.29 is 8.81 Å². The van der Waals surface area contributed by atoms with Gasteiger partial charge in [-0.1, -0.05) is 23.8 Å². The van der Waals surface area contributed by atoms with Gasteiger partial charge in [0.1, 0.15) is 23.4 Å². The van der Waals surface area contributed by atoms with E-state index in [1.807, 2.05) is 30.3 Å². The molecule has 0 radical (unpaired) electrons. The average molecular weight is 430 g/mol. The molecule has 1 saturated heterocycles. The molecular weight excluding hydrogens is 409 g/mol. The number of thiocarbonyl (C=S) groups is 1. The quantitative estimate of drug-likeness (QED) is 0.405. The number of furan rings is 1. The van der Waals surface area contributed by atoms with E-state index in [1.54, 1.807) is 18.3 Å². The van der Waals surface area contributed by atoms with Gasteiger partial charge in [0.15, 0.2) is 5.11 Å². The van der Waals surface area contributed by atoms with Gasteiger partial charge in [0.2, 0.25) is 0 Å². The summed E-state index contributed by atoms with van der Waals surface area (Å²) < 4.78 is 19.6. The lowest BCUT2D eigenvalue weighted by molar-refractivity contribution is 0.439. The molecule has 4 aromatic rings. The zero-order valence-electron chi connectivity index (χ0n) is 16.8. The van der Waals surface area contributed by atoms with E-state index < -0.39 is 0 Å². The topological polar surface area (TPSA) is 41.3 Å². The molecule has 0 saturated carbocycles. The van der Waals surface area contributed by atoms with Gasteiger partial charge >= 0.3 is 0 Å². The Bertz CT molecular complexity index is 1210. The lowest BCUT2D eigenvalue weighted by atomic mass is 10.0. The summed E-state index contributed by atoms with van der Waals surface area (Å²) >= 11 is 5.73. The molecule has 4 nitrogen and oxygen atoms in total. The van der Waals surface area contributed by atoms with Crippen LogP contribution in [0.5, 0.6) is 0 Å². The Balaban J connectivity index is 1.59. The van der Waals surface area contributed by atoms with E-state index in [2.05, 4.69) is 46.4 Å². The second kappa shape index (κ2) is 7.96. The molecule has 0 unspecified atom stereocenters. The zero-order valence-corrected chi connectivity index (χ0v) is 17.6. The van der Waals surface area contributed by atoms with Crippen molar-refractivity contribution in [1.82, 2.24) is 10.3 Å². The normalized spacial score (nSPS) is 18.3. The summed E-state index contributed by atoms with van der Waals surface area (Å²) in [5, 5.41) is 4.04. The number of aromatic nitrogens is 1. The summed E-state index contributed by atoms with van der Waals surface area (Å²) in [4.78, 5) is 6.63. The van der Waals surface area contributed by atoms with Crippen molar-refractivity contribution in [3.8, 4) is 11.3 Å². The molecular formula is C25H20FN3OS. The second-order valence-electron chi connectivity index (χ2n) is 7.54. The van der Waals surface area contributed by atoms with Crippen molar-refractivity contribution in [2.45, 2.75) is 19.0 Å². The van der Waals surface area contributed by atoms with Gasteiger partial charge in [0, 0.05) is 17.4 Å². The molecule has 0 amide bonds. The SMILES string of the molecule is Cc1ccc(N2C(=S)N[C@@H](c3ccccn3)[C@@H]2c2ccc(-c3ccc(F)cc3)o2)cc1. The molecule has 0 bridgehead atoms. The first kappa shape index (κ1) is 19.5. The maximum Gasteiger partial charge on any atom is 0.174 e. The largest absolute Gasteiger partial charge is 0.459 e. The number of anilines is 1. The molecule has 5 rings (SSSR count). The molecule has 1 aliphatic rings. The first-order valence-electron chi connectivity index (χ1n) is 10.0. The molecule has 154 valence electrons. The molecule has 2 atom stereocenters. The number of benzene rings is 2. The number of halogens is 1. The summed E-state index contributed by atoms with van der Waals surface area (Å²) in [6.07, 6.45) is 1.78. The summed E-state index contributed by atoms with van der Waals surface area (Å²) in [5.74, 6) is 1.15. The molecule has 0 aliphatic carbocycles. The van der Waals surface area contributed by atoms with E-state index in [0.29, 0.717) is 10.9 Å². The van der Waals surface area contributed by atoms with Crippen LogP contribution in [0.15, 0.2) is 89.5 Å². The van der Waals surface area contributed by atoms with Gasteiger partial charge in [0.25, 0.3) is 0 Å². The van der Waals surface area contributed by atoms with Crippen molar-refractivity contribution in [3.05, 3.63) is 108 Å². The van der Waals surface area contributed by atoms with Crippen LogP contribution in [0.1, 0.15) is 29.1 Å². The monoisotopic (exact) mass is 429 g/mol. The first-order chi connectivity index (χ1) is 15.1. The third kappa shape index (κ3) is 3.70. The first-order valence-corrected chi connectivity index (χ1v) is 10.4. The standard InChI is InChI=1S/C25H20FN3OS/c1-16-5-11-19(12-6-16)29-24(23(28-25(29)31)20-4-2-3-15-27-20)22-14-13-21(30-22)17-7-9-18(26)10-8-17/h2-15,23-24H,1H3,(H,28,31)/t23-,24-/m0/s1. The Labute approximate surface area is 185 Å². The van der Waals surface area contributed by atoms with Crippen molar-refractivity contribution in [2.75, 3.05) is 4.90 Å². The fourth-order valence-corrected chi connectivity index (χ4v) is 4.25. The van der Waals surface area contributed by atoms with Crippen LogP contribution >= 0.6 is 12.2 Å². The molecule has 0 spiro atoms. The number of aryl methyl sites for hydroxylation is 1. The highest BCUT2D eigenvalue weighted by Gasteiger charge is 2.42. The van der Waals surface area contributed by atoms with E-state index in [1.165, 1.54) is 17.7 Å². The smallest absolute Gasteiger partial charge is 0.174 e. The Hall–Kier alpha value is -3.51. The van der Waals surface area contributed by atoms with Crippen molar-refractivity contribution in [3.63, 3.8) is 0 Å². The Morgan fingerprint density at radius 1 is 0.968 bits per heavy atom. The fraction of sp³-hybridized carbons (Fsp3) is 0.120. The molecule has 2 aromatic heterocycles. The average Bonchev–Trinajstić information content (AvgIpc) is 3.40.